The van der Waals surface area contributed by atoms with Gasteiger partial charge in [0.05, 0.1) is 17.6 Å². The van der Waals surface area contributed by atoms with E-state index in [1.807, 2.05) is 0 Å². The van der Waals surface area contributed by atoms with Crippen molar-refractivity contribution in [2.75, 3.05) is 17.6 Å². The molecule has 5 nitrogen and oxygen atoms in total. The summed E-state index contributed by atoms with van der Waals surface area (Å²) in [5.74, 6) is 0.0997. The van der Waals surface area contributed by atoms with Gasteiger partial charge < -0.3 is 16.4 Å². The van der Waals surface area contributed by atoms with Gasteiger partial charge in [0.2, 0.25) is 5.91 Å². The van der Waals surface area contributed by atoms with Gasteiger partial charge >= 0.3 is 0 Å². The second-order valence-corrected chi connectivity index (χ2v) is 3.98. The number of carbonyl (C=O) groups excluding carboxylic acids is 1. The minimum Gasteiger partial charge on any atom is -0.396 e. The Balaban J connectivity index is 1.70. The monoisotopic (exact) mass is 220 g/mol. The number of anilines is 2. The quantitative estimate of drug-likeness (QED) is 0.684. The Kier molecular flexibility index (Phi) is 3.24. The summed E-state index contributed by atoms with van der Waals surface area (Å²) in [6.07, 6.45) is 5.97. The number of nitrogen functional groups attached to an aromatic ring is 1. The van der Waals surface area contributed by atoms with Crippen LogP contribution in [0.3, 0.4) is 0 Å². The van der Waals surface area contributed by atoms with Gasteiger partial charge in [0.25, 0.3) is 0 Å². The van der Waals surface area contributed by atoms with Crippen molar-refractivity contribution in [2.45, 2.75) is 25.3 Å². The van der Waals surface area contributed by atoms with Crippen LogP contribution in [0.15, 0.2) is 18.5 Å². The minimum atomic E-state index is 0.0997. The van der Waals surface area contributed by atoms with Crippen LogP contribution in [0.25, 0.3) is 0 Å². The largest absolute Gasteiger partial charge is 0.396 e. The maximum atomic E-state index is 11.4. The van der Waals surface area contributed by atoms with Crippen molar-refractivity contribution < 1.29 is 4.79 Å². The van der Waals surface area contributed by atoms with E-state index in [0.717, 1.165) is 18.5 Å². The average Bonchev–Trinajstić information content (AvgIpc) is 3.05. The third-order valence-electron chi connectivity index (χ3n) is 2.46. The number of pyridine rings is 1. The SMILES string of the molecule is Nc1cnccc1NCCC(=O)NC1CC1. The summed E-state index contributed by atoms with van der Waals surface area (Å²) in [5.41, 5.74) is 7.13. The van der Waals surface area contributed by atoms with Crippen LogP contribution in [0.2, 0.25) is 0 Å². The van der Waals surface area contributed by atoms with Crippen LogP contribution < -0.4 is 16.4 Å². The number of amides is 1. The average molecular weight is 220 g/mol. The van der Waals surface area contributed by atoms with Gasteiger partial charge in [-0.2, -0.15) is 0 Å². The van der Waals surface area contributed by atoms with E-state index < -0.39 is 0 Å². The van der Waals surface area contributed by atoms with Gasteiger partial charge in [0, 0.05) is 25.2 Å². The fourth-order valence-corrected chi connectivity index (χ4v) is 1.41. The topological polar surface area (TPSA) is 80.0 Å². The number of aromatic nitrogens is 1. The second kappa shape index (κ2) is 4.83. The molecule has 16 heavy (non-hydrogen) atoms. The lowest BCUT2D eigenvalue weighted by molar-refractivity contribution is -0.120. The lowest BCUT2D eigenvalue weighted by Gasteiger charge is -2.08. The molecule has 0 saturated heterocycles. The number of nitrogens with zero attached hydrogens (tertiary/aromatic N) is 1. The summed E-state index contributed by atoms with van der Waals surface area (Å²) in [7, 11) is 0. The Hall–Kier alpha value is -1.78. The molecule has 1 amide bonds. The van der Waals surface area contributed by atoms with Crippen LogP contribution in [0, 0.1) is 0 Å². The van der Waals surface area contributed by atoms with Crippen LogP contribution in [0.1, 0.15) is 19.3 Å². The van der Waals surface area contributed by atoms with Gasteiger partial charge in [-0.1, -0.05) is 0 Å². The predicted octanol–water partition coefficient (Wildman–Crippen LogP) is 0.744. The first-order valence-electron chi connectivity index (χ1n) is 5.48. The molecule has 0 unspecified atom stereocenters. The summed E-state index contributed by atoms with van der Waals surface area (Å²) in [4.78, 5) is 15.3. The highest BCUT2D eigenvalue weighted by Gasteiger charge is 2.22. The Morgan fingerprint density at radius 2 is 2.38 bits per heavy atom. The van der Waals surface area contributed by atoms with Gasteiger partial charge in [-0.15, -0.1) is 0 Å². The molecular formula is C11H16N4O. The fraction of sp³-hybridized carbons (Fsp3) is 0.455. The number of carbonyl (C=O) groups is 1. The molecule has 0 bridgehead atoms. The number of nitrogens with one attached hydrogen (secondary N) is 2. The Morgan fingerprint density at radius 1 is 1.56 bits per heavy atom. The van der Waals surface area contributed by atoms with E-state index in [1.165, 1.54) is 0 Å². The predicted molar refractivity (Wildman–Crippen MR) is 62.9 cm³/mol. The fourth-order valence-electron chi connectivity index (χ4n) is 1.41. The molecule has 4 N–H and O–H groups in total. The second-order valence-electron chi connectivity index (χ2n) is 3.98. The Bertz CT molecular complexity index is 376. The van der Waals surface area contributed by atoms with Crippen LogP contribution in [-0.4, -0.2) is 23.5 Å². The summed E-state index contributed by atoms with van der Waals surface area (Å²) < 4.78 is 0. The van der Waals surface area contributed by atoms with E-state index in [1.54, 1.807) is 18.5 Å². The standard InChI is InChI=1S/C11H16N4O/c12-9-7-13-5-3-10(9)14-6-4-11(16)15-8-1-2-8/h3,5,7-8H,1-2,4,6,12H2,(H,13,14)(H,15,16). The van der Waals surface area contributed by atoms with Gasteiger partial charge in [-0.3, -0.25) is 9.78 Å². The molecule has 0 aliphatic heterocycles. The zero-order valence-corrected chi connectivity index (χ0v) is 9.07. The molecule has 2 rings (SSSR count). The molecule has 0 aromatic carbocycles. The Labute approximate surface area is 94.4 Å². The summed E-state index contributed by atoms with van der Waals surface area (Å²) in [6, 6.07) is 2.23. The van der Waals surface area contributed by atoms with E-state index in [2.05, 4.69) is 15.6 Å². The normalized spacial score (nSPS) is 14.5. The highest BCUT2D eigenvalue weighted by molar-refractivity contribution is 5.77. The zero-order chi connectivity index (χ0) is 11.4. The van der Waals surface area contributed by atoms with Gasteiger partial charge in [-0.25, -0.2) is 0 Å². The van der Waals surface area contributed by atoms with Crippen molar-refractivity contribution in [3.8, 4) is 0 Å². The number of nitrogens with two attached hydrogens (primary N) is 1. The molecule has 1 aromatic rings. The third kappa shape index (κ3) is 3.12. The van der Waals surface area contributed by atoms with Crippen LogP contribution in [0.5, 0.6) is 0 Å². The maximum absolute atomic E-state index is 11.4. The first-order chi connectivity index (χ1) is 7.75. The lowest BCUT2D eigenvalue weighted by atomic mass is 10.3. The van der Waals surface area contributed by atoms with Crippen molar-refractivity contribution >= 4 is 17.3 Å². The smallest absolute Gasteiger partial charge is 0.221 e. The lowest BCUT2D eigenvalue weighted by Crippen LogP contribution is -2.27. The van der Waals surface area contributed by atoms with E-state index in [0.29, 0.717) is 24.7 Å². The third-order valence-corrected chi connectivity index (χ3v) is 2.46. The van der Waals surface area contributed by atoms with Crippen molar-refractivity contribution in [1.29, 1.82) is 0 Å². The van der Waals surface area contributed by atoms with Gasteiger partial charge in [0.1, 0.15) is 0 Å². The van der Waals surface area contributed by atoms with E-state index >= 15 is 0 Å². The van der Waals surface area contributed by atoms with E-state index in [9.17, 15) is 4.79 Å². The number of hydrogen-bond acceptors (Lipinski definition) is 4. The zero-order valence-electron chi connectivity index (χ0n) is 9.07. The molecule has 86 valence electrons. The first-order valence-corrected chi connectivity index (χ1v) is 5.48. The van der Waals surface area contributed by atoms with Crippen molar-refractivity contribution in [1.82, 2.24) is 10.3 Å². The summed E-state index contributed by atoms with van der Waals surface area (Å²) in [6.45, 7) is 0.590. The van der Waals surface area contributed by atoms with Crippen molar-refractivity contribution in [3.63, 3.8) is 0 Å². The minimum absolute atomic E-state index is 0.0997. The summed E-state index contributed by atoms with van der Waals surface area (Å²) in [5, 5.41) is 6.04. The maximum Gasteiger partial charge on any atom is 0.221 e. The van der Waals surface area contributed by atoms with Crippen molar-refractivity contribution in [2.24, 2.45) is 0 Å². The first kappa shape index (κ1) is 10.7. The number of hydrogen-bond donors (Lipinski definition) is 3. The summed E-state index contributed by atoms with van der Waals surface area (Å²) >= 11 is 0. The van der Waals surface area contributed by atoms with Gasteiger partial charge in [-0.05, 0) is 18.9 Å². The van der Waals surface area contributed by atoms with Gasteiger partial charge in [0.15, 0.2) is 0 Å². The molecule has 5 heteroatoms. The van der Waals surface area contributed by atoms with E-state index in [4.69, 9.17) is 5.73 Å². The molecule has 1 aliphatic rings. The molecule has 1 fully saturated rings. The molecule has 0 radical (unpaired) electrons. The molecule has 1 heterocycles. The van der Waals surface area contributed by atoms with Crippen LogP contribution in [0.4, 0.5) is 11.4 Å². The van der Waals surface area contributed by atoms with Crippen LogP contribution in [-0.2, 0) is 4.79 Å². The molecule has 0 atom stereocenters. The van der Waals surface area contributed by atoms with Crippen LogP contribution >= 0.6 is 0 Å². The molecule has 1 aliphatic carbocycles. The molecule has 1 saturated carbocycles. The Morgan fingerprint density at radius 3 is 3.06 bits per heavy atom. The highest BCUT2D eigenvalue weighted by atomic mass is 16.1. The molecule has 0 spiro atoms. The molecular weight excluding hydrogens is 204 g/mol. The highest BCUT2D eigenvalue weighted by Crippen LogP contribution is 2.18. The number of rotatable bonds is 5. The van der Waals surface area contributed by atoms with E-state index in [-0.39, 0.29) is 5.91 Å². The van der Waals surface area contributed by atoms with Crippen molar-refractivity contribution in [3.05, 3.63) is 18.5 Å². The molecule has 1 aromatic heterocycles.